The average Bonchev–Trinajstić information content (AvgIpc) is 2.95. The lowest BCUT2D eigenvalue weighted by Crippen LogP contribution is -2.28. The van der Waals surface area contributed by atoms with E-state index >= 15 is 0 Å². The van der Waals surface area contributed by atoms with Crippen molar-refractivity contribution in [2.24, 2.45) is 0 Å². The molecule has 0 saturated heterocycles. The number of aromatic nitrogens is 1. The van der Waals surface area contributed by atoms with E-state index in [4.69, 9.17) is 0 Å². The maximum Gasteiger partial charge on any atom is 0.267 e. The van der Waals surface area contributed by atoms with Crippen molar-refractivity contribution < 1.29 is 14.7 Å². The SMILES string of the molecule is CC(=O)c1c[nH]c(C(=O)NCC(O)c2ccccc2C)c1. The molecule has 1 unspecified atom stereocenters. The minimum atomic E-state index is -0.766. The number of carbonyl (C=O) groups excluding carboxylic acids is 2. The van der Waals surface area contributed by atoms with Gasteiger partial charge in [-0.2, -0.15) is 0 Å². The number of H-pyrrole nitrogens is 1. The number of ketones is 1. The number of benzene rings is 1. The predicted molar refractivity (Wildman–Crippen MR) is 79.3 cm³/mol. The fourth-order valence-electron chi connectivity index (χ4n) is 2.08. The lowest BCUT2D eigenvalue weighted by atomic mass is 10.0. The van der Waals surface area contributed by atoms with Crippen LogP contribution < -0.4 is 5.32 Å². The monoisotopic (exact) mass is 286 g/mol. The number of hydrogen-bond donors (Lipinski definition) is 3. The van der Waals surface area contributed by atoms with E-state index in [1.54, 1.807) is 0 Å². The zero-order valence-corrected chi connectivity index (χ0v) is 12.0. The van der Waals surface area contributed by atoms with Gasteiger partial charge in [0, 0.05) is 18.3 Å². The van der Waals surface area contributed by atoms with E-state index in [2.05, 4.69) is 10.3 Å². The zero-order valence-electron chi connectivity index (χ0n) is 12.0. The number of nitrogens with one attached hydrogen (secondary N) is 2. The van der Waals surface area contributed by atoms with E-state index in [1.165, 1.54) is 19.2 Å². The molecule has 21 heavy (non-hydrogen) atoms. The van der Waals surface area contributed by atoms with Gasteiger partial charge in [0.25, 0.3) is 5.91 Å². The highest BCUT2D eigenvalue weighted by molar-refractivity contribution is 5.99. The van der Waals surface area contributed by atoms with E-state index in [-0.39, 0.29) is 18.2 Å². The van der Waals surface area contributed by atoms with Gasteiger partial charge in [-0.1, -0.05) is 24.3 Å². The topological polar surface area (TPSA) is 82.2 Å². The summed E-state index contributed by atoms with van der Waals surface area (Å²) in [6.07, 6.45) is 0.729. The van der Waals surface area contributed by atoms with Crippen LogP contribution in [0.25, 0.3) is 0 Å². The Morgan fingerprint density at radius 3 is 2.67 bits per heavy atom. The van der Waals surface area contributed by atoms with Crippen LogP contribution >= 0.6 is 0 Å². The summed E-state index contributed by atoms with van der Waals surface area (Å²) in [6, 6.07) is 8.97. The zero-order chi connectivity index (χ0) is 15.4. The number of aliphatic hydroxyl groups excluding tert-OH is 1. The van der Waals surface area contributed by atoms with Crippen LogP contribution in [0, 0.1) is 6.92 Å². The number of aliphatic hydroxyl groups is 1. The summed E-state index contributed by atoms with van der Waals surface area (Å²) in [5.41, 5.74) is 2.52. The van der Waals surface area contributed by atoms with Gasteiger partial charge in [-0.3, -0.25) is 9.59 Å². The lowest BCUT2D eigenvalue weighted by Gasteiger charge is -2.14. The van der Waals surface area contributed by atoms with E-state index in [0.717, 1.165) is 11.1 Å². The Hall–Kier alpha value is -2.40. The first kappa shape index (κ1) is 15.0. The van der Waals surface area contributed by atoms with Crippen molar-refractivity contribution in [3.05, 3.63) is 58.9 Å². The molecule has 0 saturated carbocycles. The van der Waals surface area contributed by atoms with Crippen LogP contribution in [0.2, 0.25) is 0 Å². The molecule has 3 N–H and O–H groups in total. The molecule has 2 rings (SSSR count). The molecule has 5 nitrogen and oxygen atoms in total. The van der Waals surface area contributed by atoms with Crippen molar-refractivity contribution in [3.8, 4) is 0 Å². The van der Waals surface area contributed by atoms with Gasteiger partial charge in [-0.05, 0) is 31.0 Å². The fourth-order valence-corrected chi connectivity index (χ4v) is 2.08. The molecule has 1 heterocycles. The van der Waals surface area contributed by atoms with Crippen LogP contribution in [0.5, 0.6) is 0 Å². The summed E-state index contributed by atoms with van der Waals surface area (Å²) in [5, 5.41) is 12.8. The second-order valence-corrected chi connectivity index (χ2v) is 4.94. The number of rotatable bonds is 5. The predicted octanol–water partition coefficient (Wildman–Crippen LogP) is 1.99. The maximum absolute atomic E-state index is 11.9. The minimum Gasteiger partial charge on any atom is -0.387 e. The number of carbonyl (C=O) groups is 2. The third-order valence-corrected chi connectivity index (χ3v) is 3.34. The second kappa shape index (κ2) is 6.37. The van der Waals surface area contributed by atoms with Gasteiger partial charge in [0.05, 0.1) is 6.10 Å². The first-order valence-corrected chi connectivity index (χ1v) is 6.70. The van der Waals surface area contributed by atoms with Crippen molar-refractivity contribution in [1.82, 2.24) is 10.3 Å². The number of amides is 1. The normalized spacial score (nSPS) is 12.0. The van der Waals surface area contributed by atoms with E-state index < -0.39 is 6.10 Å². The van der Waals surface area contributed by atoms with Crippen molar-refractivity contribution in [3.63, 3.8) is 0 Å². The molecule has 0 aliphatic rings. The number of aromatic amines is 1. The van der Waals surface area contributed by atoms with Crippen LogP contribution in [-0.4, -0.2) is 28.3 Å². The third-order valence-electron chi connectivity index (χ3n) is 3.34. The van der Waals surface area contributed by atoms with E-state index in [9.17, 15) is 14.7 Å². The molecule has 2 aromatic rings. The highest BCUT2D eigenvalue weighted by Gasteiger charge is 2.14. The Labute approximate surface area is 123 Å². The Balaban J connectivity index is 1.97. The molecule has 0 aliphatic heterocycles. The number of hydrogen-bond acceptors (Lipinski definition) is 3. The molecule has 5 heteroatoms. The van der Waals surface area contributed by atoms with E-state index in [1.807, 2.05) is 31.2 Å². The van der Waals surface area contributed by atoms with Gasteiger partial charge in [0.1, 0.15) is 5.69 Å². The quantitative estimate of drug-likeness (QED) is 0.735. The Kier molecular flexibility index (Phi) is 4.55. The minimum absolute atomic E-state index is 0.106. The molecular formula is C16H18N2O3. The second-order valence-electron chi connectivity index (χ2n) is 4.94. The highest BCUT2D eigenvalue weighted by atomic mass is 16.3. The number of aryl methyl sites for hydroxylation is 1. The van der Waals surface area contributed by atoms with Crippen LogP contribution in [0.3, 0.4) is 0 Å². The first-order valence-electron chi connectivity index (χ1n) is 6.70. The van der Waals surface area contributed by atoms with Gasteiger partial charge < -0.3 is 15.4 Å². The molecule has 1 atom stereocenters. The van der Waals surface area contributed by atoms with Crippen LogP contribution in [0.4, 0.5) is 0 Å². The Bertz CT molecular complexity index is 661. The Morgan fingerprint density at radius 1 is 1.33 bits per heavy atom. The summed E-state index contributed by atoms with van der Waals surface area (Å²) < 4.78 is 0. The van der Waals surface area contributed by atoms with Gasteiger partial charge in [-0.25, -0.2) is 0 Å². The van der Waals surface area contributed by atoms with Crippen molar-refractivity contribution in [1.29, 1.82) is 0 Å². The van der Waals surface area contributed by atoms with Gasteiger partial charge >= 0.3 is 0 Å². The lowest BCUT2D eigenvalue weighted by molar-refractivity contribution is 0.0911. The first-order chi connectivity index (χ1) is 9.99. The average molecular weight is 286 g/mol. The van der Waals surface area contributed by atoms with Crippen molar-refractivity contribution in [2.75, 3.05) is 6.54 Å². The van der Waals surface area contributed by atoms with Gasteiger partial charge in [-0.15, -0.1) is 0 Å². The molecule has 1 aromatic heterocycles. The van der Waals surface area contributed by atoms with E-state index in [0.29, 0.717) is 11.3 Å². The van der Waals surface area contributed by atoms with Crippen LogP contribution in [-0.2, 0) is 0 Å². The standard InChI is InChI=1S/C16H18N2O3/c1-10-5-3-4-6-13(10)15(20)9-18-16(21)14-7-12(8-17-14)11(2)19/h3-8,15,17,20H,9H2,1-2H3,(H,18,21). The maximum atomic E-state index is 11.9. The summed E-state index contributed by atoms with van der Waals surface area (Å²) in [7, 11) is 0. The molecule has 1 aromatic carbocycles. The fraction of sp³-hybridized carbons (Fsp3) is 0.250. The Morgan fingerprint density at radius 2 is 2.05 bits per heavy atom. The van der Waals surface area contributed by atoms with Crippen LogP contribution in [0.15, 0.2) is 36.5 Å². The molecule has 0 bridgehead atoms. The highest BCUT2D eigenvalue weighted by Crippen LogP contribution is 2.16. The smallest absolute Gasteiger partial charge is 0.267 e. The van der Waals surface area contributed by atoms with Crippen molar-refractivity contribution >= 4 is 11.7 Å². The molecule has 0 aliphatic carbocycles. The summed E-state index contributed by atoms with van der Waals surface area (Å²) in [6.45, 7) is 3.45. The summed E-state index contributed by atoms with van der Waals surface area (Å²) >= 11 is 0. The molecular weight excluding hydrogens is 268 g/mol. The van der Waals surface area contributed by atoms with Crippen LogP contribution in [0.1, 0.15) is 45.0 Å². The number of Topliss-reactive ketones (excluding diaryl/α,β-unsaturated/α-hetero) is 1. The van der Waals surface area contributed by atoms with Crippen molar-refractivity contribution in [2.45, 2.75) is 20.0 Å². The molecule has 1 amide bonds. The molecule has 110 valence electrons. The molecule has 0 radical (unpaired) electrons. The molecule has 0 spiro atoms. The third kappa shape index (κ3) is 3.58. The van der Waals surface area contributed by atoms with Gasteiger partial charge in [0.15, 0.2) is 5.78 Å². The molecule has 0 fully saturated rings. The summed E-state index contributed by atoms with van der Waals surface area (Å²) in [4.78, 5) is 25.9. The largest absolute Gasteiger partial charge is 0.387 e. The summed E-state index contributed by atoms with van der Waals surface area (Å²) in [5.74, 6) is -0.458. The van der Waals surface area contributed by atoms with Gasteiger partial charge in [0.2, 0.25) is 0 Å².